The molecule has 3 saturated carbocycles. The predicted octanol–water partition coefficient (Wildman–Crippen LogP) is 4.09. The van der Waals surface area contributed by atoms with Gasteiger partial charge in [-0.25, -0.2) is 0 Å². The molecule has 0 saturated heterocycles. The molecule has 0 heterocycles. The molecule has 3 rings (SSSR count). The van der Waals surface area contributed by atoms with Crippen LogP contribution >= 0.6 is 0 Å². The maximum absolute atomic E-state index is 12.3. The summed E-state index contributed by atoms with van der Waals surface area (Å²) >= 11 is 0. The van der Waals surface area contributed by atoms with Gasteiger partial charge in [0.05, 0.1) is 12.0 Å². The van der Waals surface area contributed by atoms with Crippen LogP contribution in [-0.4, -0.2) is 23.8 Å². The molecule has 120 valence electrons. The zero-order valence-corrected chi connectivity index (χ0v) is 14.0. The van der Waals surface area contributed by atoms with Gasteiger partial charge in [0.1, 0.15) is 5.60 Å². The molecular weight excluding hydrogens is 264 g/mol. The second kappa shape index (κ2) is 4.97. The minimum atomic E-state index is -0.229. The highest BCUT2D eigenvalue weighted by Gasteiger charge is 2.60. The summed E-state index contributed by atoms with van der Waals surface area (Å²) < 4.78 is 12.2. The normalized spacial score (nSPS) is 41.3. The predicted molar refractivity (Wildman–Crippen MR) is 81.9 cm³/mol. The summed E-state index contributed by atoms with van der Waals surface area (Å²) in [6, 6.07) is 0. The third-order valence-electron chi connectivity index (χ3n) is 5.47. The SMILES string of the molecule is CCOC12CCC(OC(=O)CC(C)(C)C)(C[C@@H]3CC3C1)C2. The lowest BCUT2D eigenvalue weighted by molar-refractivity contribution is -0.164. The van der Waals surface area contributed by atoms with Crippen LogP contribution in [0.2, 0.25) is 0 Å². The fraction of sp³-hybridized carbons (Fsp3) is 0.944. The van der Waals surface area contributed by atoms with Crippen molar-refractivity contribution in [3.63, 3.8) is 0 Å². The van der Waals surface area contributed by atoms with Crippen LogP contribution in [0.5, 0.6) is 0 Å². The van der Waals surface area contributed by atoms with Crippen molar-refractivity contribution in [2.75, 3.05) is 6.61 Å². The van der Waals surface area contributed by atoms with Gasteiger partial charge in [-0.2, -0.15) is 0 Å². The number of carbonyl (C=O) groups is 1. The van der Waals surface area contributed by atoms with Gasteiger partial charge in [0.2, 0.25) is 0 Å². The van der Waals surface area contributed by atoms with Crippen molar-refractivity contribution in [2.45, 2.75) is 83.8 Å². The molecule has 0 aromatic heterocycles. The number of hydrogen-bond donors (Lipinski definition) is 0. The van der Waals surface area contributed by atoms with Gasteiger partial charge >= 0.3 is 5.97 Å². The third-order valence-corrected chi connectivity index (χ3v) is 5.47. The number of esters is 1. The van der Waals surface area contributed by atoms with Crippen LogP contribution in [0.4, 0.5) is 0 Å². The Balaban J connectivity index is 1.72. The van der Waals surface area contributed by atoms with E-state index in [1.807, 2.05) is 0 Å². The van der Waals surface area contributed by atoms with Gasteiger partial charge < -0.3 is 9.47 Å². The maximum Gasteiger partial charge on any atom is 0.306 e. The average Bonchev–Trinajstić information content (AvgIpc) is 2.90. The molecule has 3 heteroatoms. The molecule has 0 radical (unpaired) electrons. The Bertz CT molecular complexity index is 425. The molecule has 0 N–H and O–H groups in total. The topological polar surface area (TPSA) is 35.5 Å². The van der Waals surface area contributed by atoms with Gasteiger partial charge in [0.15, 0.2) is 0 Å². The molecule has 4 atom stereocenters. The molecule has 0 aromatic carbocycles. The third kappa shape index (κ3) is 3.28. The smallest absolute Gasteiger partial charge is 0.306 e. The zero-order valence-electron chi connectivity index (χ0n) is 14.0. The van der Waals surface area contributed by atoms with Crippen LogP contribution in [0.1, 0.15) is 72.6 Å². The van der Waals surface area contributed by atoms with Gasteiger partial charge in [0, 0.05) is 13.0 Å². The molecule has 0 spiro atoms. The molecule has 3 aliphatic carbocycles. The number of fused-ring (bicyclic) bond motifs is 3. The fourth-order valence-corrected chi connectivity index (χ4v) is 4.66. The Hall–Kier alpha value is -0.570. The molecule has 3 nitrogen and oxygen atoms in total. The van der Waals surface area contributed by atoms with Crippen molar-refractivity contribution in [3.05, 3.63) is 0 Å². The molecule has 3 fully saturated rings. The standard InChI is InChI=1S/C18H30O3/c1-5-20-17-6-7-18(12-17,10-14-8-13(14)9-17)21-15(19)11-16(2,3)4/h13-14H,5-12H2,1-4H3/t13?,14-,17?,18?/m0/s1. The van der Waals surface area contributed by atoms with Crippen molar-refractivity contribution in [1.82, 2.24) is 0 Å². The van der Waals surface area contributed by atoms with Crippen molar-refractivity contribution in [3.8, 4) is 0 Å². The minimum Gasteiger partial charge on any atom is -0.459 e. The highest BCUT2D eigenvalue weighted by molar-refractivity contribution is 5.70. The van der Waals surface area contributed by atoms with E-state index in [1.54, 1.807) is 0 Å². The van der Waals surface area contributed by atoms with Crippen LogP contribution in [0.3, 0.4) is 0 Å². The molecular formula is C18H30O3. The zero-order chi connectivity index (χ0) is 15.3. The minimum absolute atomic E-state index is 0.00379. The summed E-state index contributed by atoms with van der Waals surface area (Å²) in [7, 11) is 0. The lowest BCUT2D eigenvalue weighted by Crippen LogP contribution is -2.37. The number of hydrogen-bond acceptors (Lipinski definition) is 3. The molecule has 0 aliphatic heterocycles. The summed E-state index contributed by atoms with van der Waals surface area (Å²) in [6.07, 6.45) is 7.06. The van der Waals surface area contributed by atoms with Gasteiger partial charge in [-0.3, -0.25) is 4.79 Å². The highest BCUT2D eigenvalue weighted by Crippen LogP contribution is 2.61. The molecule has 3 unspecified atom stereocenters. The summed E-state index contributed by atoms with van der Waals surface area (Å²) in [6.45, 7) is 9.12. The van der Waals surface area contributed by atoms with Crippen molar-refractivity contribution in [2.24, 2.45) is 17.3 Å². The summed E-state index contributed by atoms with van der Waals surface area (Å²) in [5.41, 5.74) is -0.240. The lowest BCUT2D eigenvalue weighted by atomic mass is 9.91. The van der Waals surface area contributed by atoms with Gasteiger partial charge in [-0.15, -0.1) is 0 Å². The van der Waals surface area contributed by atoms with Gasteiger partial charge in [0.25, 0.3) is 0 Å². The summed E-state index contributed by atoms with van der Waals surface area (Å²) in [5.74, 6) is 1.57. The van der Waals surface area contributed by atoms with E-state index in [9.17, 15) is 4.79 Å². The Kier molecular flexibility index (Phi) is 3.63. The van der Waals surface area contributed by atoms with E-state index in [-0.39, 0.29) is 22.6 Å². The average molecular weight is 294 g/mol. The van der Waals surface area contributed by atoms with Crippen LogP contribution < -0.4 is 0 Å². The van der Waals surface area contributed by atoms with Gasteiger partial charge in [-0.1, -0.05) is 20.8 Å². The van der Waals surface area contributed by atoms with Crippen LogP contribution in [-0.2, 0) is 14.3 Å². The van der Waals surface area contributed by atoms with Crippen LogP contribution in [0, 0.1) is 17.3 Å². The highest BCUT2D eigenvalue weighted by atomic mass is 16.6. The monoisotopic (exact) mass is 294 g/mol. The quantitative estimate of drug-likeness (QED) is 0.732. The Labute approximate surface area is 128 Å². The first-order chi connectivity index (χ1) is 9.75. The summed E-state index contributed by atoms with van der Waals surface area (Å²) in [5, 5.41) is 0. The number of ether oxygens (including phenoxy) is 2. The second-order valence-electron chi connectivity index (χ2n) is 8.85. The van der Waals surface area contributed by atoms with E-state index in [0.717, 1.165) is 44.1 Å². The first kappa shape index (κ1) is 15.3. The summed E-state index contributed by atoms with van der Waals surface area (Å²) in [4.78, 5) is 12.3. The molecule has 2 bridgehead atoms. The fourth-order valence-electron chi connectivity index (χ4n) is 4.66. The second-order valence-corrected chi connectivity index (χ2v) is 8.85. The van der Waals surface area contributed by atoms with Crippen molar-refractivity contribution < 1.29 is 14.3 Å². The van der Waals surface area contributed by atoms with E-state index in [4.69, 9.17) is 9.47 Å². The molecule has 21 heavy (non-hydrogen) atoms. The molecule has 0 aromatic rings. The molecule has 0 amide bonds. The first-order valence-electron chi connectivity index (χ1n) is 8.61. The van der Waals surface area contributed by atoms with E-state index >= 15 is 0 Å². The first-order valence-corrected chi connectivity index (χ1v) is 8.61. The van der Waals surface area contributed by atoms with E-state index in [0.29, 0.717) is 6.42 Å². The Morgan fingerprint density at radius 2 is 1.76 bits per heavy atom. The van der Waals surface area contributed by atoms with Crippen molar-refractivity contribution >= 4 is 5.97 Å². The lowest BCUT2D eigenvalue weighted by Gasteiger charge is -2.33. The van der Waals surface area contributed by atoms with Crippen LogP contribution in [0.25, 0.3) is 0 Å². The number of carbonyl (C=O) groups excluding carboxylic acids is 1. The van der Waals surface area contributed by atoms with E-state index in [2.05, 4.69) is 27.7 Å². The number of rotatable bonds is 4. The Morgan fingerprint density at radius 1 is 1.14 bits per heavy atom. The molecule has 3 aliphatic rings. The Morgan fingerprint density at radius 3 is 2.38 bits per heavy atom. The van der Waals surface area contributed by atoms with Crippen molar-refractivity contribution in [1.29, 1.82) is 0 Å². The maximum atomic E-state index is 12.3. The van der Waals surface area contributed by atoms with Crippen LogP contribution in [0.15, 0.2) is 0 Å². The van der Waals surface area contributed by atoms with E-state index in [1.165, 1.54) is 12.8 Å². The van der Waals surface area contributed by atoms with Gasteiger partial charge in [-0.05, 0) is 56.3 Å². The van der Waals surface area contributed by atoms with E-state index < -0.39 is 0 Å². The largest absolute Gasteiger partial charge is 0.459 e.